The molecular weight excluding hydrogens is 280 g/mol. The van der Waals surface area contributed by atoms with E-state index >= 15 is 0 Å². The van der Waals surface area contributed by atoms with Crippen molar-refractivity contribution in [3.05, 3.63) is 0 Å². The average molecular weight is 316 g/mol. The van der Waals surface area contributed by atoms with E-state index in [1.807, 2.05) is 0 Å². The number of carbonyl (C=O) groups is 2. The van der Waals surface area contributed by atoms with Gasteiger partial charge in [0.2, 0.25) is 0 Å². The highest BCUT2D eigenvalue weighted by atomic mass is 16.4. The van der Waals surface area contributed by atoms with E-state index in [0.717, 1.165) is 32.1 Å². The molecule has 0 aliphatic rings. The fourth-order valence-electron chi connectivity index (χ4n) is 2.11. The second-order valence-electron chi connectivity index (χ2n) is 5.82. The zero-order valence-corrected chi connectivity index (χ0v) is 14.6. The van der Waals surface area contributed by atoms with Crippen LogP contribution in [0.2, 0.25) is 0 Å². The van der Waals surface area contributed by atoms with Gasteiger partial charge < -0.3 is 10.2 Å². The molecule has 0 aromatic carbocycles. The van der Waals surface area contributed by atoms with Crippen LogP contribution >= 0.6 is 0 Å². The molecule has 0 aromatic rings. The normalized spacial score (nSPS) is 9.91. The summed E-state index contributed by atoms with van der Waals surface area (Å²) in [5, 5.41) is 16.6. The maximum absolute atomic E-state index is 10.2. The Morgan fingerprint density at radius 2 is 0.818 bits per heavy atom. The Morgan fingerprint density at radius 1 is 0.545 bits per heavy atom. The zero-order valence-electron chi connectivity index (χ0n) is 14.6. The summed E-state index contributed by atoms with van der Waals surface area (Å²) in [5.41, 5.74) is 0. The molecule has 0 aliphatic heterocycles. The van der Waals surface area contributed by atoms with E-state index in [1.54, 1.807) is 0 Å². The summed E-state index contributed by atoms with van der Waals surface area (Å²) in [6.07, 6.45) is 14.6. The summed E-state index contributed by atoms with van der Waals surface area (Å²) in [4.78, 5) is 20.1. The fraction of sp³-hybridized carbons (Fsp3) is 0.889. The molecule has 0 atom stereocenters. The topological polar surface area (TPSA) is 74.6 Å². The molecule has 132 valence electrons. The smallest absolute Gasteiger partial charge is 0.303 e. The van der Waals surface area contributed by atoms with Crippen LogP contribution in [0.15, 0.2) is 0 Å². The summed E-state index contributed by atoms with van der Waals surface area (Å²) >= 11 is 0. The van der Waals surface area contributed by atoms with Crippen LogP contribution in [0, 0.1) is 0 Å². The predicted octanol–water partition coefficient (Wildman–Crippen LogP) is 5.64. The van der Waals surface area contributed by atoms with Crippen LogP contribution in [-0.2, 0) is 9.59 Å². The van der Waals surface area contributed by atoms with Crippen molar-refractivity contribution in [2.24, 2.45) is 0 Å². The first-order chi connectivity index (χ1) is 10.5. The quantitative estimate of drug-likeness (QED) is 0.406. The van der Waals surface area contributed by atoms with Crippen molar-refractivity contribution in [2.75, 3.05) is 0 Å². The third kappa shape index (κ3) is 27.3. The molecular formula is C18H36O4. The standard InChI is InChI=1S/C11H22O2.C7H14O2/c1-2-3-4-5-6-7-8-9-10-11(12)13;1-2-3-4-5-6-7(8)9/h2-10H2,1H3,(H,12,13);2-6H2,1H3,(H,8,9). The SMILES string of the molecule is CCCCCCC(=O)O.CCCCCCCCCCC(=O)O. The Balaban J connectivity index is 0. The van der Waals surface area contributed by atoms with Gasteiger partial charge in [-0.1, -0.05) is 78.1 Å². The van der Waals surface area contributed by atoms with E-state index in [0.29, 0.717) is 12.8 Å². The van der Waals surface area contributed by atoms with Crippen molar-refractivity contribution < 1.29 is 19.8 Å². The first-order valence-electron chi connectivity index (χ1n) is 8.98. The van der Waals surface area contributed by atoms with Crippen molar-refractivity contribution in [1.29, 1.82) is 0 Å². The fourth-order valence-corrected chi connectivity index (χ4v) is 2.11. The largest absolute Gasteiger partial charge is 0.481 e. The maximum Gasteiger partial charge on any atom is 0.303 e. The second kappa shape index (κ2) is 19.9. The molecule has 0 spiro atoms. The molecule has 2 N–H and O–H groups in total. The van der Waals surface area contributed by atoms with Crippen LogP contribution in [-0.4, -0.2) is 22.2 Å². The molecule has 4 nitrogen and oxygen atoms in total. The Kier molecular flexibility index (Phi) is 21.0. The minimum Gasteiger partial charge on any atom is -0.481 e. The van der Waals surface area contributed by atoms with Gasteiger partial charge in [-0.25, -0.2) is 0 Å². The Hall–Kier alpha value is -1.06. The lowest BCUT2D eigenvalue weighted by Crippen LogP contribution is -1.93. The van der Waals surface area contributed by atoms with Crippen LogP contribution in [0.4, 0.5) is 0 Å². The summed E-state index contributed by atoms with van der Waals surface area (Å²) in [5.74, 6) is -1.34. The summed E-state index contributed by atoms with van der Waals surface area (Å²) in [6.45, 7) is 4.33. The van der Waals surface area contributed by atoms with E-state index in [-0.39, 0.29) is 0 Å². The van der Waals surface area contributed by atoms with Crippen molar-refractivity contribution in [1.82, 2.24) is 0 Å². The molecule has 4 heteroatoms. The molecule has 0 fully saturated rings. The Bertz CT molecular complexity index is 251. The van der Waals surface area contributed by atoms with E-state index < -0.39 is 11.9 Å². The molecule has 0 aliphatic carbocycles. The van der Waals surface area contributed by atoms with Gasteiger partial charge in [-0.3, -0.25) is 9.59 Å². The monoisotopic (exact) mass is 316 g/mol. The number of hydrogen-bond donors (Lipinski definition) is 2. The predicted molar refractivity (Wildman–Crippen MR) is 91.3 cm³/mol. The molecule has 0 bridgehead atoms. The van der Waals surface area contributed by atoms with Crippen molar-refractivity contribution in [2.45, 2.75) is 104 Å². The Morgan fingerprint density at radius 3 is 1.14 bits per heavy atom. The van der Waals surface area contributed by atoms with Gasteiger partial charge in [0.25, 0.3) is 0 Å². The lowest BCUT2D eigenvalue weighted by atomic mass is 10.1. The van der Waals surface area contributed by atoms with E-state index in [4.69, 9.17) is 10.2 Å². The lowest BCUT2D eigenvalue weighted by molar-refractivity contribution is -0.138. The summed E-state index contributed by atoms with van der Waals surface area (Å²) in [7, 11) is 0. The van der Waals surface area contributed by atoms with Crippen molar-refractivity contribution in [3.63, 3.8) is 0 Å². The number of unbranched alkanes of at least 4 members (excludes halogenated alkanes) is 10. The van der Waals surface area contributed by atoms with Crippen LogP contribution in [0.25, 0.3) is 0 Å². The molecule has 22 heavy (non-hydrogen) atoms. The van der Waals surface area contributed by atoms with Crippen LogP contribution in [0.1, 0.15) is 104 Å². The molecule has 0 heterocycles. The molecule has 0 rings (SSSR count). The van der Waals surface area contributed by atoms with E-state index in [1.165, 1.54) is 44.9 Å². The van der Waals surface area contributed by atoms with E-state index in [9.17, 15) is 9.59 Å². The summed E-state index contributed by atoms with van der Waals surface area (Å²) in [6, 6.07) is 0. The number of carboxylic acids is 2. The minimum atomic E-state index is -0.675. The molecule has 0 unspecified atom stereocenters. The van der Waals surface area contributed by atoms with Crippen LogP contribution < -0.4 is 0 Å². The maximum atomic E-state index is 10.2. The minimum absolute atomic E-state index is 0.333. The van der Waals surface area contributed by atoms with Gasteiger partial charge in [-0.2, -0.15) is 0 Å². The highest BCUT2D eigenvalue weighted by Gasteiger charge is 1.96. The number of hydrogen-bond acceptors (Lipinski definition) is 2. The van der Waals surface area contributed by atoms with Gasteiger partial charge in [0.05, 0.1) is 0 Å². The second-order valence-corrected chi connectivity index (χ2v) is 5.82. The first-order valence-corrected chi connectivity index (χ1v) is 8.98. The van der Waals surface area contributed by atoms with Gasteiger partial charge in [0, 0.05) is 12.8 Å². The lowest BCUT2D eigenvalue weighted by Gasteiger charge is -1.99. The third-order valence-electron chi connectivity index (χ3n) is 3.49. The average Bonchev–Trinajstić information content (AvgIpc) is 2.47. The number of rotatable bonds is 14. The third-order valence-corrected chi connectivity index (χ3v) is 3.49. The van der Waals surface area contributed by atoms with Gasteiger partial charge in [-0.15, -0.1) is 0 Å². The highest BCUT2D eigenvalue weighted by molar-refractivity contribution is 5.66. The van der Waals surface area contributed by atoms with E-state index in [2.05, 4.69) is 13.8 Å². The van der Waals surface area contributed by atoms with Gasteiger partial charge in [0.1, 0.15) is 0 Å². The molecule has 0 saturated carbocycles. The van der Waals surface area contributed by atoms with Crippen molar-refractivity contribution in [3.8, 4) is 0 Å². The van der Waals surface area contributed by atoms with Gasteiger partial charge in [-0.05, 0) is 12.8 Å². The first kappa shape index (κ1) is 23.2. The van der Waals surface area contributed by atoms with Crippen molar-refractivity contribution >= 4 is 11.9 Å². The van der Waals surface area contributed by atoms with Crippen LogP contribution in [0.5, 0.6) is 0 Å². The van der Waals surface area contributed by atoms with Gasteiger partial charge in [0.15, 0.2) is 0 Å². The summed E-state index contributed by atoms with van der Waals surface area (Å²) < 4.78 is 0. The molecule has 0 saturated heterocycles. The van der Waals surface area contributed by atoms with Crippen LogP contribution in [0.3, 0.4) is 0 Å². The number of carboxylic acid groups (broad SMARTS) is 2. The molecule has 0 amide bonds. The van der Waals surface area contributed by atoms with Gasteiger partial charge >= 0.3 is 11.9 Å². The number of aliphatic carboxylic acids is 2. The molecule has 0 radical (unpaired) electrons. The zero-order chi connectivity index (χ0) is 17.1. The highest BCUT2D eigenvalue weighted by Crippen LogP contribution is 2.09. The molecule has 0 aromatic heterocycles. The Labute approximate surface area is 136 Å².